The molecule has 0 aliphatic rings. The maximum atomic E-state index is 9.38. The SMILES string of the molecule is Cc1ccc(N(Cc2ccc(N)cc2)C(C)C)c(C#N)c1. The van der Waals surface area contributed by atoms with Crippen LogP contribution in [0.4, 0.5) is 11.4 Å². The van der Waals surface area contributed by atoms with Crippen molar-refractivity contribution in [1.29, 1.82) is 5.26 Å². The van der Waals surface area contributed by atoms with Crippen molar-refractivity contribution in [2.24, 2.45) is 0 Å². The summed E-state index contributed by atoms with van der Waals surface area (Å²) in [6.07, 6.45) is 0. The fraction of sp³-hybridized carbons (Fsp3) is 0.278. The van der Waals surface area contributed by atoms with Gasteiger partial charge >= 0.3 is 0 Å². The van der Waals surface area contributed by atoms with E-state index >= 15 is 0 Å². The van der Waals surface area contributed by atoms with Crippen LogP contribution in [-0.4, -0.2) is 6.04 Å². The second kappa shape index (κ2) is 6.32. The second-order valence-corrected chi connectivity index (χ2v) is 5.60. The highest BCUT2D eigenvalue weighted by atomic mass is 15.2. The summed E-state index contributed by atoms with van der Waals surface area (Å²) in [5, 5.41) is 9.38. The summed E-state index contributed by atoms with van der Waals surface area (Å²) in [4.78, 5) is 2.24. The number of rotatable bonds is 4. The highest BCUT2D eigenvalue weighted by molar-refractivity contribution is 5.61. The molecule has 21 heavy (non-hydrogen) atoms. The lowest BCUT2D eigenvalue weighted by molar-refractivity contribution is 0.681. The van der Waals surface area contributed by atoms with E-state index in [1.54, 1.807) is 0 Å². The van der Waals surface area contributed by atoms with E-state index in [0.717, 1.165) is 29.0 Å². The van der Waals surface area contributed by atoms with Crippen LogP contribution in [-0.2, 0) is 6.54 Å². The zero-order valence-corrected chi connectivity index (χ0v) is 12.8. The largest absolute Gasteiger partial charge is 0.399 e. The lowest BCUT2D eigenvalue weighted by atomic mass is 10.1. The maximum absolute atomic E-state index is 9.38. The smallest absolute Gasteiger partial charge is 0.101 e. The molecule has 0 atom stereocenters. The van der Waals surface area contributed by atoms with Crippen molar-refractivity contribution in [1.82, 2.24) is 0 Å². The predicted molar refractivity (Wildman–Crippen MR) is 88.1 cm³/mol. The molecule has 0 amide bonds. The summed E-state index contributed by atoms with van der Waals surface area (Å²) in [6, 6.07) is 16.5. The van der Waals surface area contributed by atoms with Gasteiger partial charge in [-0.3, -0.25) is 0 Å². The lowest BCUT2D eigenvalue weighted by Crippen LogP contribution is -2.30. The van der Waals surface area contributed by atoms with Crippen LogP contribution in [0, 0.1) is 18.3 Å². The van der Waals surface area contributed by atoms with Gasteiger partial charge in [0.2, 0.25) is 0 Å². The number of nitrogens with zero attached hydrogens (tertiary/aromatic N) is 2. The summed E-state index contributed by atoms with van der Waals surface area (Å²) < 4.78 is 0. The van der Waals surface area contributed by atoms with Gasteiger partial charge in [0, 0.05) is 18.3 Å². The molecule has 3 nitrogen and oxygen atoms in total. The average Bonchev–Trinajstić information content (AvgIpc) is 2.46. The molecule has 2 aromatic carbocycles. The Labute approximate surface area is 126 Å². The molecule has 2 N–H and O–H groups in total. The monoisotopic (exact) mass is 279 g/mol. The van der Waals surface area contributed by atoms with E-state index in [0.29, 0.717) is 6.04 Å². The summed E-state index contributed by atoms with van der Waals surface area (Å²) in [6.45, 7) is 7.04. The Morgan fingerprint density at radius 2 is 1.81 bits per heavy atom. The number of hydrogen-bond donors (Lipinski definition) is 1. The van der Waals surface area contributed by atoms with Crippen LogP contribution in [0.5, 0.6) is 0 Å². The molecule has 0 heterocycles. The van der Waals surface area contributed by atoms with Crippen molar-refractivity contribution in [3.63, 3.8) is 0 Å². The van der Waals surface area contributed by atoms with E-state index in [2.05, 4.69) is 30.9 Å². The highest BCUT2D eigenvalue weighted by Crippen LogP contribution is 2.25. The van der Waals surface area contributed by atoms with Gasteiger partial charge in [0.1, 0.15) is 6.07 Å². The topological polar surface area (TPSA) is 53.0 Å². The third-order valence-corrected chi connectivity index (χ3v) is 3.54. The van der Waals surface area contributed by atoms with Crippen molar-refractivity contribution >= 4 is 11.4 Å². The van der Waals surface area contributed by atoms with Crippen LogP contribution in [0.1, 0.15) is 30.5 Å². The molecule has 2 aromatic rings. The number of hydrogen-bond acceptors (Lipinski definition) is 3. The van der Waals surface area contributed by atoms with E-state index < -0.39 is 0 Å². The Morgan fingerprint density at radius 1 is 1.14 bits per heavy atom. The van der Waals surface area contributed by atoms with Gasteiger partial charge in [-0.25, -0.2) is 0 Å². The normalized spacial score (nSPS) is 10.4. The number of nitrogens with two attached hydrogens (primary N) is 1. The Bertz CT molecular complexity index is 651. The molecule has 0 spiro atoms. The molecular formula is C18H21N3. The van der Waals surface area contributed by atoms with Gasteiger partial charge < -0.3 is 10.6 Å². The van der Waals surface area contributed by atoms with Crippen molar-refractivity contribution in [2.45, 2.75) is 33.4 Å². The van der Waals surface area contributed by atoms with Crippen LogP contribution >= 0.6 is 0 Å². The van der Waals surface area contributed by atoms with Crippen molar-refractivity contribution < 1.29 is 0 Å². The number of aryl methyl sites for hydroxylation is 1. The van der Waals surface area contributed by atoms with Gasteiger partial charge in [0.25, 0.3) is 0 Å². The minimum absolute atomic E-state index is 0.303. The molecule has 2 rings (SSSR count). The minimum atomic E-state index is 0.303. The Balaban J connectivity index is 2.36. The van der Waals surface area contributed by atoms with Crippen molar-refractivity contribution in [3.8, 4) is 6.07 Å². The van der Waals surface area contributed by atoms with Crippen LogP contribution in [0.2, 0.25) is 0 Å². The molecule has 0 aliphatic carbocycles. The molecule has 0 radical (unpaired) electrons. The molecule has 0 fully saturated rings. The summed E-state index contributed by atoms with van der Waals surface area (Å²) in [5.74, 6) is 0. The quantitative estimate of drug-likeness (QED) is 0.864. The maximum Gasteiger partial charge on any atom is 0.101 e. The van der Waals surface area contributed by atoms with Crippen LogP contribution in [0.15, 0.2) is 42.5 Å². The van der Waals surface area contributed by atoms with Crippen LogP contribution in [0.3, 0.4) is 0 Å². The number of anilines is 2. The third kappa shape index (κ3) is 3.55. The summed E-state index contributed by atoms with van der Waals surface area (Å²) >= 11 is 0. The van der Waals surface area contributed by atoms with Crippen molar-refractivity contribution in [3.05, 3.63) is 59.2 Å². The summed E-state index contributed by atoms with van der Waals surface area (Å²) in [7, 11) is 0. The predicted octanol–water partition coefficient (Wildman–Crippen LogP) is 3.86. The Hall–Kier alpha value is -2.47. The summed E-state index contributed by atoms with van der Waals surface area (Å²) in [5.41, 5.74) is 10.5. The molecule has 3 heteroatoms. The van der Waals surface area contributed by atoms with Gasteiger partial charge in [-0.15, -0.1) is 0 Å². The third-order valence-electron chi connectivity index (χ3n) is 3.54. The Kier molecular flexibility index (Phi) is 4.49. The first kappa shape index (κ1) is 14.9. The molecule has 0 saturated heterocycles. The molecule has 0 aromatic heterocycles. The minimum Gasteiger partial charge on any atom is -0.399 e. The van der Waals surface area contributed by atoms with Crippen LogP contribution in [0.25, 0.3) is 0 Å². The molecular weight excluding hydrogens is 258 g/mol. The van der Waals surface area contributed by atoms with Gasteiger partial charge in [-0.2, -0.15) is 5.26 Å². The second-order valence-electron chi connectivity index (χ2n) is 5.60. The Morgan fingerprint density at radius 3 is 2.38 bits per heavy atom. The van der Waals surface area contributed by atoms with E-state index in [9.17, 15) is 5.26 Å². The molecule has 0 aliphatic heterocycles. The highest BCUT2D eigenvalue weighted by Gasteiger charge is 2.15. The number of nitriles is 1. The number of nitrogen functional groups attached to an aromatic ring is 1. The molecule has 0 saturated carbocycles. The van der Waals surface area contributed by atoms with Gasteiger partial charge in [-0.1, -0.05) is 18.2 Å². The van der Waals surface area contributed by atoms with Crippen LogP contribution < -0.4 is 10.6 Å². The van der Waals surface area contributed by atoms with E-state index in [4.69, 9.17) is 5.73 Å². The van der Waals surface area contributed by atoms with E-state index in [-0.39, 0.29) is 0 Å². The fourth-order valence-electron chi connectivity index (χ4n) is 2.36. The molecule has 0 bridgehead atoms. The number of benzene rings is 2. The first-order chi connectivity index (χ1) is 10.0. The van der Waals surface area contributed by atoms with Gasteiger partial charge in [0.15, 0.2) is 0 Å². The fourth-order valence-corrected chi connectivity index (χ4v) is 2.36. The molecule has 0 unspecified atom stereocenters. The zero-order valence-electron chi connectivity index (χ0n) is 12.8. The first-order valence-corrected chi connectivity index (χ1v) is 7.13. The zero-order chi connectivity index (χ0) is 15.4. The lowest BCUT2D eigenvalue weighted by Gasteiger charge is -2.30. The van der Waals surface area contributed by atoms with Crippen molar-refractivity contribution in [2.75, 3.05) is 10.6 Å². The molecule has 108 valence electrons. The van der Waals surface area contributed by atoms with E-state index in [1.807, 2.05) is 43.3 Å². The standard InChI is InChI=1S/C18H21N3/c1-13(2)21(12-15-5-7-17(20)8-6-15)18-9-4-14(3)10-16(18)11-19/h4-10,13H,12,20H2,1-3H3. The van der Waals surface area contributed by atoms with E-state index in [1.165, 1.54) is 5.56 Å². The first-order valence-electron chi connectivity index (χ1n) is 7.13. The van der Waals surface area contributed by atoms with Gasteiger partial charge in [-0.05, 0) is 56.2 Å². The van der Waals surface area contributed by atoms with Gasteiger partial charge in [0.05, 0.1) is 11.3 Å². The average molecular weight is 279 g/mol.